The van der Waals surface area contributed by atoms with Crippen molar-refractivity contribution in [2.45, 2.75) is 11.8 Å². The van der Waals surface area contributed by atoms with Gasteiger partial charge >= 0.3 is 0 Å². The van der Waals surface area contributed by atoms with Gasteiger partial charge in [0.2, 0.25) is 0 Å². The molecule has 122 valence electrons. The minimum absolute atomic E-state index is 0.264. The van der Waals surface area contributed by atoms with Crippen molar-refractivity contribution >= 4 is 21.4 Å². The van der Waals surface area contributed by atoms with Gasteiger partial charge in [-0.15, -0.1) is 0 Å². The second-order valence-electron chi connectivity index (χ2n) is 5.27. The van der Waals surface area contributed by atoms with Crippen LogP contribution in [0.4, 0.5) is 0 Å². The molecule has 0 unspecified atom stereocenters. The van der Waals surface area contributed by atoms with Gasteiger partial charge in [0.1, 0.15) is 0 Å². The van der Waals surface area contributed by atoms with Gasteiger partial charge in [-0.05, 0) is 42.8 Å². The predicted octanol–water partition coefficient (Wildman–Crippen LogP) is 4.18. The van der Waals surface area contributed by atoms with E-state index in [2.05, 4.69) is 9.97 Å². The molecule has 0 saturated heterocycles. The highest BCUT2D eigenvalue weighted by Gasteiger charge is 2.12. The number of rotatable bonds is 3. The van der Waals surface area contributed by atoms with Crippen LogP contribution in [0.5, 0.6) is 0 Å². The summed E-state index contributed by atoms with van der Waals surface area (Å²) in [6.45, 7) is 1.88. The van der Waals surface area contributed by atoms with Crippen LogP contribution in [0.3, 0.4) is 0 Å². The Hall–Kier alpha value is -2.24. The first kappa shape index (κ1) is 13.1. The molecule has 3 aromatic rings. The third kappa shape index (κ3) is 3.47. The Morgan fingerprint density at radius 2 is 1.71 bits per heavy atom. The number of hydrogen-bond donors (Lipinski definition) is 0. The van der Waals surface area contributed by atoms with Crippen LogP contribution in [-0.4, -0.2) is 24.6 Å². The topological polar surface area (TPSA) is 59.9 Å². The number of hydrogen-bond acceptors (Lipinski definition) is 4. The Balaban J connectivity index is 2.10. The Morgan fingerprint density at radius 3 is 2.33 bits per heavy atom. The smallest absolute Gasteiger partial charge is 0.175 e. The highest BCUT2D eigenvalue weighted by Crippen LogP contribution is 2.32. The normalized spacial score (nSPS) is 13.8. The zero-order chi connectivity index (χ0) is 19.8. The Morgan fingerprint density at radius 1 is 1.00 bits per heavy atom. The molecule has 0 radical (unpaired) electrons. The molecule has 0 spiro atoms. The summed E-state index contributed by atoms with van der Waals surface area (Å²) < 4.78 is 45.7. The Labute approximate surface area is 150 Å². The summed E-state index contributed by atoms with van der Waals surface area (Å²) in [7, 11) is -4.40. The molecule has 6 heteroatoms. The molecule has 4 nitrogen and oxygen atoms in total. The van der Waals surface area contributed by atoms with Gasteiger partial charge in [-0.25, -0.2) is 8.42 Å². The van der Waals surface area contributed by atoms with Gasteiger partial charge < -0.3 is 0 Å². The molecule has 0 fully saturated rings. The molecule has 0 N–H and O–H groups in total. The van der Waals surface area contributed by atoms with E-state index < -0.39 is 16.0 Å². The van der Waals surface area contributed by atoms with E-state index in [1.165, 1.54) is 30.5 Å². The van der Waals surface area contributed by atoms with Crippen molar-refractivity contribution in [1.82, 2.24) is 9.97 Å². The van der Waals surface area contributed by atoms with Crippen LogP contribution >= 0.6 is 11.6 Å². The Kier molecular flexibility index (Phi) is 3.46. The van der Waals surface area contributed by atoms with Crippen LogP contribution in [0.15, 0.2) is 59.8 Å². The van der Waals surface area contributed by atoms with E-state index in [-0.39, 0.29) is 4.90 Å². The molecule has 0 aliphatic heterocycles. The number of sulfone groups is 1. The average molecular weight is 362 g/mol. The van der Waals surface area contributed by atoms with Crippen molar-refractivity contribution in [2.75, 3.05) is 6.18 Å². The van der Waals surface area contributed by atoms with Gasteiger partial charge in [-0.2, -0.15) is 0 Å². The first-order valence-electron chi connectivity index (χ1n) is 8.53. The first-order chi connectivity index (χ1) is 12.6. The maximum atomic E-state index is 12.1. The summed E-state index contributed by atoms with van der Waals surface area (Å²) in [6, 6.07) is 11.1. The lowest BCUT2D eigenvalue weighted by atomic mass is 10.0. The largest absolute Gasteiger partial charge is 0.261 e. The van der Waals surface area contributed by atoms with E-state index in [4.69, 9.17) is 15.7 Å². The maximum Gasteiger partial charge on any atom is 0.175 e. The lowest BCUT2D eigenvalue weighted by Crippen LogP contribution is -1.97. The van der Waals surface area contributed by atoms with Crippen LogP contribution in [0, 0.1) is 6.92 Å². The van der Waals surface area contributed by atoms with Crippen LogP contribution in [0.25, 0.3) is 22.4 Å². The Bertz CT molecular complexity index is 1080. The minimum Gasteiger partial charge on any atom is -0.261 e. The summed E-state index contributed by atoms with van der Waals surface area (Å²) in [5, 5.41) is 0.424. The van der Waals surface area contributed by atoms with Gasteiger partial charge in [0.15, 0.2) is 9.84 Å². The van der Waals surface area contributed by atoms with Crippen molar-refractivity contribution in [2.24, 2.45) is 0 Å². The summed E-state index contributed by atoms with van der Waals surface area (Å²) >= 11 is 6.09. The number of benzene rings is 1. The zero-order valence-corrected chi connectivity index (χ0v) is 14.3. The van der Waals surface area contributed by atoms with Gasteiger partial charge in [-0.3, -0.25) is 9.97 Å². The SMILES string of the molecule is [2H]C([2H])([2H])S(=O)(=O)c1ccc(-c2cc(Cl)cnc2-c2ccc(C)nc2)cc1. The number of aromatic nitrogens is 2. The average Bonchev–Trinajstić information content (AvgIpc) is 2.62. The second kappa shape index (κ2) is 6.34. The number of halogens is 1. The van der Waals surface area contributed by atoms with E-state index in [0.717, 1.165) is 11.3 Å². The quantitative estimate of drug-likeness (QED) is 0.702. The van der Waals surface area contributed by atoms with E-state index in [0.29, 0.717) is 21.8 Å². The fourth-order valence-corrected chi connectivity index (χ4v) is 2.96. The summed E-state index contributed by atoms with van der Waals surface area (Å²) in [4.78, 5) is 8.39. The molecule has 0 aliphatic rings. The highest BCUT2D eigenvalue weighted by molar-refractivity contribution is 7.90. The summed E-state index contributed by atoms with van der Waals surface area (Å²) in [6.07, 6.45) is 0.112. The van der Waals surface area contributed by atoms with Gasteiger partial charge in [0, 0.05) is 39.5 Å². The van der Waals surface area contributed by atoms with Crippen LogP contribution in [0.2, 0.25) is 5.02 Å². The number of aryl methyl sites for hydroxylation is 1. The summed E-state index contributed by atoms with van der Waals surface area (Å²) in [5.41, 5.74) is 3.63. The molecule has 2 heterocycles. The third-order valence-electron chi connectivity index (χ3n) is 3.51. The maximum absolute atomic E-state index is 12.1. The van der Waals surface area contributed by atoms with Crippen LogP contribution < -0.4 is 0 Å². The van der Waals surface area contributed by atoms with Gasteiger partial charge in [0.25, 0.3) is 0 Å². The fraction of sp³-hybridized carbons (Fsp3) is 0.111. The van der Waals surface area contributed by atoms with Crippen molar-refractivity contribution < 1.29 is 12.5 Å². The van der Waals surface area contributed by atoms with Crippen molar-refractivity contribution in [3.8, 4) is 22.4 Å². The van der Waals surface area contributed by atoms with Crippen LogP contribution in [-0.2, 0) is 9.84 Å². The molecule has 0 aliphatic carbocycles. The lowest BCUT2D eigenvalue weighted by Gasteiger charge is -2.10. The fourth-order valence-electron chi connectivity index (χ4n) is 2.31. The van der Waals surface area contributed by atoms with Crippen molar-refractivity contribution in [3.05, 3.63) is 65.6 Å². The van der Waals surface area contributed by atoms with Crippen LogP contribution in [0.1, 0.15) is 9.81 Å². The molecule has 3 rings (SSSR count). The number of pyridine rings is 2. The van der Waals surface area contributed by atoms with E-state index in [1.807, 2.05) is 19.1 Å². The third-order valence-corrected chi connectivity index (χ3v) is 4.61. The molecule has 1 aromatic carbocycles. The molecular weight excluding hydrogens is 344 g/mol. The predicted molar refractivity (Wildman–Crippen MR) is 95.8 cm³/mol. The molecule has 0 saturated carbocycles. The molecule has 2 aromatic heterocycles. The van der Waals surface area contributed by atoms with E-state index in [9.17, 15) is 8.42 Å². The molecular formula is C18H15ClN2O2S. The minimum atomic E-state index is -4.40. The van der Waals surface area contributed by atoms with E-state index in [1.54, 1.807) is 12.3 Å². The van der Waals surface area contributed by atoms with E-state index >= 15 is 0 Å². The van der Waals surface area contributed by atoms with Gasteiger partial charge in [-0.1, -0.05) is 23.7 Å². The lowest BCUT2D eigenvalue weighted by molar-refractivity contribution is 0.602. The zero-order valence-electron chi connectivity index (χ0n) is 15.7. The molecule has 0 atom stereocenters. The molecule has 0 bridgehead atoms. The monoisotopic (exact) mass is 361 g/mol. The number of nitrogens with zero attached hydrogens (tertiary/aromatic N) is 2. The standard InChI is InChI=1S/C18H15ClN2O2S/c1-12-3-4-14(10-20-12)18-17(9-15(19)11-21-18)13-5-7-16(8-6-13)24(2,22)23/h3-11H,1-2H3/i2D3. The van der Waals surface area contributed by atoms with Gasteiger partial charge in [0.05, 0.1) is 15.6 Å². The second-order valence-corrected chi connectivity index (χ2v) is 7.18. The van der Waals surface area contributed by atoms with Crippen molar-refractivity contribution in [3.63, 3.8) is 0 Å². The van der Waals surface area contributed by atoms with Crippen molar-refractivity contribution in [1.29, 1.82) is 0 Å². The first-order valence-corrected chi connectivity index (χ1v) is 8.89. The molecule has 24 heavy (non-hydrogen) atoms. The highest BCUT2D eigenvalue weighted by atomic mass is 35.5. The molecule has 0 amide bonds. The summed E-state index contributed by atoms with van der Waals surface area (Å²) in [5.74, 6) is 0.